The van der Waals surface area contributed by atoms with E-state index in [0.717, 1.165) is 27.8 Å². The molecular weight excluding hydrogens is 290 g/mol. The second-order valence-corrected chi connectivity index (χ2v) is 4.78. The van der Waals surface area contributed by atoms with Gasteiger partial charge < -0.3 is 4.74 Å². The number of aldehydes is 1. The third kappa shape index (κ3) is 2.15. The molecule has 0 bridgehead atoms. The van der Waals surface area contributed by atoms with Crippen LogP contribution in [0.3, 0.4) is 0 Å². The summed E-state index contributed by atoms with van der Waals surface area (Å²) in [6, 6.07) is 5.69. The van der Waals surface area contributed by atoms with E-state index in [-0.39, 0.29) is 0 Å². The first-order chi connectivity index (χ1) is 7.74. The topological polar surface area (TPSA) is 39.2 Å². The van der Waals surface area contributed by atoms with Gasteiger partial charge in [-0.05, 0) is 34.1 Å². The normalized spacial score (nSPS) is 10.1. The first-order valence-corrected chi connectivity index (χ1v) is 6.16. The molecule has 0 saturated carbocycles. The molecular formula is C11H8BrNO2S. The summed E-state index contributed by atoms with van der Waals surface area (Å²) in [5, 5.41) is 2.35. The number of benzene rings is 1. The summed E-state index contributed by atoms with van der Waals surface area (Å²) in [6.45, 7) is 0. The van der Waals surface area contributed by atoms with E-state index in [1.54, 1.807) is 7.11 Å². The molecule has 0 N–H and O–H groups in total. The maximum absolute atomic E-state index is 10.5. The molecule has 0 saturated heterocycles. The van der Waals surface area contributed by atoms with E-state index in [1.165, 1.54) is 11.3 Å². The molecule has 0 aliphatic rings. The fraction of sp³-hybridized carbons (Fsp3) is 0.0909. The van der Waals surface area contributed by atoms with Crippen LogP contribution in [0.5, 0.6) is 5.75 Å². The van der Waals surface area contributed by atoms with Crippen LogP contribution in [0.1, 0.15) is 9.80 Å². The van der Waals surface area contributed by atoms with Gasteiger partial charge in [0.15, 0.2) is 11.3 Å². The Bertz CT molecular complexity index is 524. The average molecular weight is 298 g/mol. The van der Waals surface area contributed by atoms with Gasteiger partial charge in [-0.15, -0.1) is 11.3 Å². The zero-order chi connectivity index (χ0) is 11.5. The minimum Gasteiger partial charge on any atom is -0.496 e. The Hall–Kier alpha value is -1.20. The highest BCUT2D eigenvalue weighted by Gasteiger charge is 2.06. The quantitative estimate of drug-likeness (QED) is 0.815. The van der Waals surface area contributed by atoms with Crippen molar-refractivity contribution in [3.05, 3.63) is 33.1 Å². The van der Waals surface area contributed by atoms with Gasteiger partial charge in [0.1, 0.15) is 5.75 Å². The lowest BCUT2D eigenvalue weighted by Gasteiger charge is -2.04. The van der Waals surface area contributed by atoms with Gasteiger partial charge in [0.25, 0.3) is 0 Å². The van der Waals surface area contributed by atoms with Gasteiger partial charge in [0, 0.05) is 10.9 Å². The number of carbonyl (C=O) groups is 1. The molecule has 16 heavy (non-hydrogen) atoms. The van der Waals surface area contributed by atoms with Crippen LogP contribution in [0.25, 0.3) is 11.3 Å². The molecule has 82 valence electrons. The summed E-state index contributed by atoms with van der Waals surface area (Å²) in [4.78, 5) is 14.7. The summed E-state index contributed by atoms with van der Waals surface area (Å²) in [7, 11) is 1.62. The molecule has 0 aliphatic heterocycles. The third-order valence-corrected chi connectivity index (χ3v) is 3.46. The smallest absolute Gasteiger partial charge is 0.178 e. The molecule has 0 aliphatic carbocycles. The van der Waals surface area contributed by atoms with Crippen molar-refractivity contribution < 1.29 is 9.53 Å². The lowest BCUT2D eigenvalue weighted by molar-refractivity contribution is 0.112. The van der Waals surface area contributed by atoms with Gasteiger partial charge in [-0.25, -0.2) is 4.98 Å². The van der Waals surface area contributed by atoms with Crippen molar-refractivity contribution in [2.45, 2.75) is 0 Å². The Morgan fingerprint density at radius 2 is 2.31 bits per heavy atom. The van der Waals surface area contributed by atoms with Crippen LogP contribution >= 0.6 is 27.3 Å². The SMILES string of the molecule is COc1ccc(-c2csc(C=O)n2)cc1Br. The third-order valence-electron chi connectivity index (χ3n) is 2.07. The molecule has 0 fully saturated rings. The maximum atomic E-state index is 10.5. The predicted octanol–water partition coefficient (Wildman–Crippen LogP) is 3.39. The largest absolute Gasteiger partial charge is 0.496 e. The second-order valence-electron chi connectivity index (χ2n) is 3.04. The Balaban J connectivity index is 2.40. The minimum atomic E-state index is 0.488. The Labute approximate surface area is 105 Å². The van der Waals surface area contributed by atoms with Crippen LogP contribution in [-0.4, -0.2) is 18.4 Å². The van der Waals surface area contributed by atoms with Gasteiger partial charge in [0.2, 0.25) is 0 Å². The van der Waals surface area contributed by atoms with Crippen LogP contribution < -0.4 is 4.74 Å². The van der Waals surface area contributed by atoms with E-state index in [0.29, 0.717) is 5.01 Å². The molecule has 2 aromatic rings. The van der Waals surface area contributed by atoms with Gasteiger partial charge in [-0.3, -0.25) is 4.79 Å². The van der Waals surface area contributed by atoms with E-state index in [2.05, 4.69) is 20.9 Å². The lowest BCUT2D eigenvalue weighted by Crippen LogP contribution is -1.85. The highest BCUT2D eigenvalue weighted by molar-refractivity contribution is 9.10. The van der Waals surface area contributed by atoms with E-state index >= 15 is 0 Å². The standard InChI is InChI=1S/C11H8BrNO2S/c1-15-10-3-2-7(4-8(10)12)9-6-16-11(5-14)13-9/h2-6H,1H3. The van der Waals surface area contributed by atoms with E-state index in [9.17, 15) is 4.79 Å². The van der Waals surface area contributed by atoms with E-state index in [4.69, 9.17) is 4.74 Å². The molecule has 1 aromatic carbocycles. The van der Waals surface area contributed by atoms with Gasteiger partial charge >= 0.3 is 0 Å². The monoisotopic (exact) mass is 297 g/mol. The summed E-state index contributed by atoms with van der Waals surface area (Å²) < 4.78 is 6.01. The molecule has 3 nitrogen and oxygen atoms in total. The van der Waals surface area contributed by atoms with Crippen molar-refractivity contribution >= 4 is 33.6 Å². The molecule has 5 heteroatoms. The summed E-state index contributed by atoms with van der Waals surface area (Å²) in [5.41, 5.74) is 1.76. The number of hydrogen-bond donors (Lipinski definition) is 0. The minimum absolute atomic E-state index is 0.488. The van der Waals surface area contributed by atoms with Crippen molar-refractivity contribution in [3.63, 3.8) is 0 Å². The first kappa shape index (κ1) is 11.3. The van der Waals surface area contributed by atoms with Gasteiger partial charge in [0.05, 0.1) is 17.3 Å². The van der Waals surface area contributed by atoms with E-state index < -0.39 is 0 Å². The molecule has 1 aromatic heterocycles. The number of methoxy groups -OCH3 is 1. The number of thiazole rings is 1. The molecule has 0 spiro atoms. The van der Waals surface area contributed by atoms with Crippen LogP contribution in [-0.2, 0) is 0 Å². The number of ether oxygens (including phenoxy) is 1. The molecule has 2 rings (SSSR count). The van der Waals surface area contributed by atoms with Gasteiger partial charge in [-0.1, -0.05) is 0 Å². The number of halogens is 1. The van der Waals surface area contributed by atoms with Crippen LogP contribution in [0, 0.1) is 0 Å². The molecule has 0 unspecified atom stereocenters. The number of carbonyl (C=O) groups excluding carboxylic acids is 1. The number of aromatic nitrogens is 1. The molecule has 0 amide bonds. The van der Waals surface area contributed by atoms with Crippen LogP contribution in [0.4, 0.5) is 0 Å². The zero-order valence-corrected chi connectivity index (χ0v) is 10.8. The van der Waals surface area contributed by atoms with Crippen LogP contribution in [0.15, 0.2) is 28.1 Å². The fourth-order valence-corrected chi connectivity index (χ4v) is 2.47. The molecule has 0 atom stereocenters. The fourth-order valence-electron chi connectivity index (χ4n) is 1.30. The Morgan fingerprint density at radius 1 is 1.50 bits per heavy atom. The summed E-state index contributed by atoms with van der Waals surface area (Å²) in [6.07, 6.45) is 0.757. The van der Waals surface area contributed by atoms with Crippen molar-refractivity contribution in [1.82, 2.24) is 4.98 Å². The van der Waals surface area contributed by atoms with Crippen molar-refractivity contribution in [3.8, 4) is 17.0 Å². The Kier molecular flexibility index (Phi) is 3.36. The van der Waals surface area contributed by atoms with Crippen molar-refractivity contribution in [1.29, 1.82) is 0 Å². The number of nitrogens with zero attached hydrogens (tertiary/aromatic N) is 1. The highest BCUT2D eigenvalue weighted by atomic mass is 79.9. The van der Waals surface area contributed by atoms with Crippen molar-refractivity contribution in [2.24, 2.45) is 0 Å². The molecule has 0 radical (unpaired) electrons. The Morgan fingerprint density at radius 3 is 2.88 bits per heavy atom. The predicted molar refractivity (Wildman–Crippen MR) is 67.2 cm³/mol. The summed E-state index contributed by atoms with van der Waals surface area (Å²) in [5.74, 6) is 0.773. The molecule has 1 heterocycles. The zero-order valence-electron chi connectivity index (χ0n) is 8.44. The van der Waals surface area contributed by atoms with Gasteiger partial charge in [-0.2, -0.15) is 0 Å². The highest BCUT2D eigenvalue weighted by Crippen LogP contribution is 2.30. The van der Waals surface area contributed by atoms with Crippen LogP contribution in [0.2, 0.25) is 0 Å². The van der Waals surface area contributed by atoms with E-state index in [1.807, 2.05) is 23.6 Å². The first-order valence-electron chi connectivity index (χ1n) is 4.49. The summed E-state index contributed by atoms with van der Waals surface area (Å²) >= 11 is 4.74. The lowest BCUT2D eigenvalue weighted by atomic mass is 10.2. The second kappa shape index (κ2) is 4.76. The van der Waals surface area contributed by atoms with Crippen molar-refractivity contribution in [2.75, 3.05) is 7.11 Å². The number of rotatable bonds is 3. The average Bonchev–Trinajstić information content (AvgIpc) is 2.77. The number of hydrogen-bond acceptors (Lipinski definition) is 4. The maximum Gasteiger partial charge on any atom is 0.178 e.